The van der Waals surface area contributed by atoms with Gasteiger partial charge in [0.15, 0.2) is 0 Å². The average molecular weight is 73.0 g/mol. The van der Waals surface area contributed by atoms with Crippen molar-refractivity contribution in [3.8, 4) is 0 Å². The summed E-state index contributed by atoms with van der Waals surface area (Å²) in [4.78, 5) is 0. The fraction of sp³-hybridized carbons (Fsp3) is 0. The van der Waals surface area contributed by atoms with E-state index in [4.69, 9.17) is 0 Å². The van der Waals surface area contributed by atoms with Crippen LogP contribution in [0.4, 0.5) is 13.7 Å². The third kappa shape index (κ3) is 15.8. The zero-order valence-electron chi connectivity index (χ0n) is 1.66. The van der Waals surface area contributed by atoms with Crippen LogP contribution in [0.15, 0.2) is 0 Å². The van der Waals surface area contributed by atoms with Crippen LogP contribution in [0.5, 0.6) is 0 Å². The maximum Gasteiger partial charge on any atom is 0.00810 e. The first-order chi connectivity index (χ1) is 1.41. The van der Waals surface area contributed by atoms with E-state index in [9.17, 15) is 8.96 Å². The molecule has 0 heterocycles. The van der Waals surface area contributed by atoms with Crippen molar-refractivity contribution in [2.24, 2.45) is 0 Å². The Labute approximate surface area is 20.9 Å². The van der Waals surface area contributed by atoms with E-state index in [2.05, 4.69) is 0 Å². The van der Waals surface area contributed by atoms with Crippen LogP contribution >= 0.6 is 0 Å². The Morgan fingerprint density at radius 2 is 1.25 bits per heavy atom. The minimum Gasteiger partial charge on any atom is -0.269 e. The second-order valence-corrected chi connectivity index (χ2v) is 0.0714. The molecule has 4 heavy (non-hydrogen) atoms. The van der Waals surface area contributed by atoms with Gasteiger partial charge in [0.05, 0.1) is 0 Å². The van der Waals surface area contributed by atoms with Gasteiger partial charge < -0.3 is 0 Å². The summed E-state index contributed by atoms with van der Waals surface area (Å²) >= 11 is 0. The molecule has 0 radical (unpaired) electrons. The van der Waals surface area contributed by atoms with Gasteiger partial charge >= 0.3 is 0 Å². The second kappa shape index (κ2) is 15.0. The molecule has 0 aromatic carbocycles. The zero-order valence-corrected chi connectivity index (χ0v) is 1.66. The van der Waals surface area contributed by atoms with E-state index in [1.165, 1.54) is 0 Å². The Hall–Kier alpha value is -0.250. The molecule has 0 unspecified atom stereocenters. The van der Waals surface area contributed by atoms with Gasteiger partial charge in [-0.2, -0.15) is 0 Å². The molecule has 0 saturated carbocycles. The van der Waals surface area contributed by atoms with Crippen LogP contribution in [0, 0.1) is 0 Å². The lowest BCUT2D eigenvalue weighted by Gasteiger charge is -1.46. The van der Waals surface area contributed by atoms with Crippen LogP contribution in [0.2, 0.25) is 0 Å². The molecule has 0 rings (SSSR count). The largest absolute Gasteiger partial charge is 0.269 e. The molecule has 0 fully saturated rings. The summed E-state index contributed by atoms with van der Waals surface area (Å²) in [6, 6.07) is 0. The van der Waals surface area contributed by atoms with Crippen molar-refractivity contribution < 1.29 is 13.7 Å². The van der Waals surface area contributed by atoms with Crippen molar-refractivity contribution in [3.63, 3.8) is 0 Å². The third-order valence-electron chi connectivity index (χ3n) is 0. The lowest BCUT2D eigenvalue weighted by molar-refractivity contribution is 0.130. The molecule has 1 nitrogen and oxygen atoms in total. The van der Waals surface area contributed by atoms with Crippen LogP contribution in [-0.4, -0.2) is 0 Å². The summed E-state index contributed by atoms with van der Waals surface area (Å²) < 4.78 is 18.8. The van der Waals surface area contributed by atoms with Crippen molar-refractivity contribution in [3.05, 3.63) is 0 Å². The molecule has 1 N–H and O–H groups in total. The van der Waals surface area contributed by atoms with E-state index in [1.54, 1.807) is 0 Å². The van der Waals surface area contributed by atoms with Gasteiger partial charge in [-0.25, -0.2) is 0 Å². The van der Waals surface area contributed by atoms with Crippen LogP contribution in [0.3, 0.4) is 0 Å². The standard InChI is InChI=1S/F2HN.FH/c1-3-2;/h3H;1H. The summed E-state index contributed by atoms with van der Waals surface area (Å²) in [6.45, 7) is 0. The van der Waals surface area contributed by atoms with E-state index in [0.29, 0.717) is 0 Å². The fourth-order valence-electron chi connectivity index (χ4n) is 0. The number of halogens is 3. The third-order valence-corrected chi connectivity index (χ3v) is 0. The van der Waals surface area contributed by atoms with Gasteiger partial charge in [0, 0.05) is 5.76 Å². The summed E-state index contributed by atoms with van der Waals surface area (Å²) in [5.74, 6) is -0.250. The molecule has 0 aromatic heterocycles. The Bertz CT molecular complexity index is 3.25. The Kier molecular flexibility index (Phi) is 34.7. The summed E-state index contributed by atoms with van der Waals surface area (Å²) in [5, 5.41) is 0. The van der Waals surface area contributed by atoms with Crippen molar-refractivity contribution in [1.29, 1.82) is 0 Å². The number of rotatable bonds is 0. The first-order valence-corrected chi connectivity index (χ1v) is 0.378. The van der Waals surface area contributed by atoms with Gasteiger partial charge in [-0.3, -0.25) is 4.70 Å². The molecule has 0 bridgehead atoms. The number of hydrogen-bond acceptors (Lipinski definition) is 1. The zero-order chi connectivity index (χ0) is 2.71. The van der Waals surface area contributed by atoms with Crippen molar-refractivity contribution >= 4 is 0 Å². The smallest absolute Gasteiger partial charge is 0.00810 e. The van der Waals surface area contributed by atoms with Crippen LogP contribution in [0.25, 0.3) is 0 Å². The number of hydrogen-bond donors (Lipinski definition) is 1. The average Bonchev–Trinajstić information content (AvgIpc) is 0.918. The predicted octanol–water partition coefficient (Wildman–Crippen LogP) is 0.498. The fourth-order valence-corrected chi connectivity index (χ4v) is 0. The normalized spacial score (nSPS) is 4.50. The van der Waals surface area contributed by atoms with Gasteiger partial charge in [-0.15, -0.1) is 8.96 Å². The maximum absolute atomic E-state index is 9.38. The van der Waals surface area contributed by atoms with Crippen molar-refractivity contribution in [2.45, 2.75) is 0 Å². The van der Waals surface area contributed by atoms with Gasteiger partial charge in [-0.05, 0) is 0 Å². The lowest BCUT2D eigenvalue weighted by atomic mass is 13.6. The highest BCUT2D eigenvalue weighted by atomic mass is 19.4. The van der Waals surface area contributed by atoms with E-state index in [0.717, 1.165) is 0 Å². The van der Waals surface area contributed by atoms with E-state index in [1.807, 2.05) is 0 Å². The van der Waals surface area contributed by atoms with Crippen molar-refractivity contribution in [2.75, 3.05) is 0 Å². The van der Waals surface area contributed by atoms with Gasteiger partial charge in [0.25, 0.3) is 0 Å². The summed E-state index contributed by atoms with van der Waals surface area (Å²) in [7, 11) is 0. The molecule has 0 aliphatic carbocycles. The van der Waals surface area contributed by atoms with Gasteiger partial charge in [0.1, 0.15) is 0 Å². The molecule has 0 atom stereocenters. The second-order valence-electron chi connectivity index (χ2n) is 0.0714. The maximum atomic E-state index is 9.38. The monoisotopic (exact) mass is 73.0 g/mol. The highest BCUT2D eigenvalue weighted by Crippen LogP contribution is 1.38. The van der Waals surface area contributed by atoms with Gasteiger partial charge in [-0.1, -0.05) is 0 Å². The Balaban J connectivity index is 0. The minimum absolute atomic E-state index is 0. The van der Waals surface area contributed by atoms with E-state index < -0.39 is 0 Å². The first-order valence-electron chi connectivity index (χ1n) is 0.378. The van der Waals surface area contributed by atoms with Crippen molar-refractivity contribution in [1.82, 2.24) is 5.76 Å². The molecular formula is H2F3N. The highest BCUT2D eigenvalue weighted by molar-refractivity contribution is 3.15. The molecule has 28 valence electrons. The Morgan fingerprint density at radius 1 is 1.25 bits per heavy atom. The van der Waals surface area contributed by atoms with Gasteiger partial charge in [0.2, 0.25) is 0 Å². The SMILES string of the molecule is F.FNF. The van der Waals surface area contributed by atoms with Crippen LogP contribution in [-0.2, 0) is 0 Å². The summed E-state index contributed by atoms with van der Waals surface area (Å²) in [6.07, 6.45) is 0. The predicted molar refractivity (Wildman–Crippen MR) is 7.85 cm³/mol. The molecule has 0 aromatic rings. The van der Waals surface area contributed by atoms with E-state index in [-0.39, 0.29) is 10.5 Å². The van der Waals surface area contributed by atoms with Crippen LogP contribution in [0.1, 0.15) is 0 Å². The molecule has 0 saturated heterocycles. The molecular weight excluding hydrogens is 71.0 g/mol. The molecule has 0 aliphatic rings. The molecule has 0 spiro atoms. The molecule has 0 amide bonds. The highest BCUT2D eigenvalue weighted by Gasteiger charge is 1.37. The minimum atomic E-state index is -0.250. The topological polar surface area (TPSA) is 12.0 Å². The first kappa shape index (κ1) is 9.26. The quantitative estimate of drug-likeness (QED) is 0.411. The molecule has 0 aliphatic heterocycles. The summed E-state index contributed by atoms with van der Waals surface area (Å²) in [5.41, 5.74) is 0. The number of nitrogens with one attached hydrogen (secondary N) is 1. The lowest BCUT2D eigenvalue weighted by Crippen LogP contribution is -1.67. The molecule has 4 heteroatoms. The Morgan fingerprint density at radius 3 is 1.25 bits per heavy atom. The van der Waals surface area contributed by atoms with E-state index >= 15 is 0 Å². The van der Waals surface area contributed by atoms with Crippen LogP contribution < -0.4 is 5.76 Å².